The molecule has 2 aromatic heterocycles. The maximum Gasteiger partial charge on any atom is 0.256 e. The Morgan fingerprint density at radius 3 is 2.54 bits per heavy atom. The van der Waals surface area contributed by atoms with Gasteiger partial charge in [0.1, 0.15) is 17.3 Å². The maximum absolute atomic E-state index is 13.5. The lowest BCUT2D eigenvalue weighted by Crippen LogP contribution is -2.36. The molecule has 1 fully saturated rings. The fraction of sp³-hybridized carbons (Fsp3) is 0.226. The van der Waals surface area contributed by atoms with Gasteiger partial charge < -0.3 is 20.5 Å². The van der Waals surface area contributed by atoms with E-state index in [2.05, 4.69) is 43.8 Å². The first kappa shape index (κ1) is 24.9. The number of para-hydroxylation sites is 1. The van der Waals surface area contributed by atoms with Crippen molar-refractivity contribution in [2.45, 2.75) is 25.3 Å². The lowest BCUT2D eigenvalue weighted by molar-refractivity contribution is 0.102. The van der Waals surface area contributed by atoms with Gasteiger partial charge in [0.2, 0.25) is 0 Å². The van der Waals surface area contributed by atoms with Gasteiger partial charge in [0, 0.05) is 40.7 Å². The Hall–Kier alpha value is -4.43. The summed E-state index contributed by atoms with van der Waals surface area (Å²) in [7, 11) is 2.15. The number of fused-ring (bicyclic) bond motifs is 1. The van der Waals surface area contributed by atoms with E-state index in [-0.39, 0.29) is 11.7 Å². The molecule has 7 nitrogen and oxygen atoms in total. The zero-order chi connectivity index (χ0) is 26.8. The Kier molecular flexibility index (Phi) is 6.85. The molecule has 198 valence electrons. The Morgan fingerprint density at radius 2 is 1.77 bits per heavy atom. The molecule has 0 radical (unpaired) electrons. The predicted molar refractivity (Wildman–Crippen MR) is 154 cm³/mol. The number of nitrogens with zero attached hydrogens (tertiary/aromatic N) is 2. The number of rotatable bonds is 7. The van der Waals surface area contributed by atoms with Crippen LogP contribution in [0.25, 0.3) is 22.3 Å². The number of likely N-dealkylation sites (tertiary alicyclic amines) is 1. The van der Waals surface area contributed by atoms with Gasteiger partial charge in [-0.05, 0) is 86.6 Å². The van der Waals surface area contributed by atoms with Gasteiger partial charge in [-0.25, -0.2) is 4.39 Å². The lowest BCUT2D eigenvalue weighted by Gasteiger charge is -2.30. The van der Waals surface area contributed by atoms with E-state index in [1.807, 2.05) is 48.5 Å². The van der Waals surface area contributed by atoms with Crippen molar-refractivity contribution in [3.8, 4) is 11.4 Å². The maximum atomic E-state index is 13.5. The molecule has 3 heterocycles. The Balaban J connectivity index is 1.17. The van der Waals surface area contributed by atoms with Gasteiger partial charge in [0.25, 0.3) is 5.91 Å². The second kappa shape index (κ2) is 10.7. The summed E-state index contributed by atoms with van der Waals surface area (Å²) in [6.07, 6.45) is 2.85. The van der Waals surface area contributed by atoms with Crippen LogP contribution in [0, 0.1) is 5.82 Å². The molecule has 0 spiro atoms. The number of carbonyl (C=O) groups excluding carboxylic acids is 1. The molecule has 3 aromatic carbocycles. The standard InChI is InChI=1S/C31H31FN6O/c1-38-16-14-24(15-17-38)33-23-12-8-21(9-13-23)31(39)35-29-19-28(36-37-29)30-26(18-20-6-10-22(32)11-7-20)25-4-2-3-5-27(25)34-30/h2-13,19,24,33-34H,14-18H2,1H3,(H2,35,36,37,39). The average Bonchev–Trinajstić information content (AvgIpc) is 3.56. The second-order valence-corrected chi connectivity index (χ2v) is 10.2. The Bertz CT molecular complexity index is 1580. The predicted octanol–water partition coefficient (Wildman–Crippen LogP) is 6.05. The van der Waals surface area contributed by atoms with Crippen LogP contribution >= 0.6 is 0 Å². The van der Waals surface area contributed by atoms with Crippen LogP contribution in [0.2, 0.25) is 0 Å². The van der Waals surface area contributed by atoms with Gasteiger partial charge in [-0.2, -0.15) is 5.10 Å². The minimum absolute atomic E-state index is 0.209. The van der Waals surface area contributed by atoms with Crippen molar-refractivity contribution in [1.29, 1.82) is 0 Å². The lowest BCUT2D eigenvalue weighted by atomic mass is 10.0. The summed E-state index contributed by atoms with van der Waals surface area (Å²) < 4.78 is 13.5. The van der Waals surface area contributed by atoms with Crippen molar-refractivity contribution in [1.82, 2.24) is 20.1 Å². The number of halogens is 1. The van der Waals surface area contributed by atoms with Crippen molar-refractivity contribution in [2.75, 3.05) is 30.8 Å². The molecule has 0 bridgehead atoms. The van der Waals surface area contributed by atoms with Crippen LogP contribution in [0.4, 0.5) is 15.9 Å². The van der Waals surface area contributed by atoms with E-state index in [0.717, 1.165) is 59.3 Å². The zero-order valence-electron chi connectivity index (χ0n) is 21.8. The Morgan fingerprint density at radius 1 is 1.03 bits per heavy atom. The highest BCUT2D eigenvalue weighted by atomic mass is 19.1. The summed E-state index contributed by atoms with van der Waals surface area (Å²) in [5, 5.41) is 15.0. The number of nitrogens with one attached hydrogen (secondary N) is 4. The first-order valence-corrected chi connectivity index (χ1v) is 13.3. The number of H-pyrrole nitrogens is 2. The molecule has 0 unspecified atom stereocenters. The fourth-order valence-corrected chi connectivity index (χ4v) is 5.22. The summed E-state index contributed by atoms with van der Waals surface area (Å²) >= 11 is 0. The fourth-order valence-electron chi connectivity index (χ4n) is 5.22. The molecule has 4 N–H and O–H groups in total. The highest BCUT2D eigenvalue weighted by Crippen LogP contribution is 2.32. The van der Waals surface area contributed by atoms with E-state index in [0.29, 0.717) is 29.5 Å². The van der Waals surface area contributed by atoms with Crippen LogP contribution in [0.1, 0.15) is 34.3 Å². The topological polar surface area (TPSA) is 88.8 Å². The molecule has 0 aliphatic carbocycles. The monoisotopic (exact) mass is 522 g/mol. The minimum Gasteiger partial charge on any atom is -0.382 e. The molecule has 8 heteroatoms. The Labute approximate surface area is 226 Å². The molecule has 1 aliphatic heterocycles. The number of anilines is 2. The van der Waals surface area contributed by atoms with Gasteiger partial charge in [0.05, 0.1) is 5.69 Å². The normalized spacial score (nSPS) is 14.5. The van der Waals surface area contributed by atoms with Gasteiger partial charge in [-0.1, -0.05) is 30.3 Å². The third-order valence-corrected chi connectivity index (χ3v) is 7.43. The van der Waals surface area contributed by atoms with Crippen LogP contribution in [0.15, 0.2) is 78.9 Å². The van der Waals surface area contributed by atoms with Crippen molar-refractivity contribution in [3.05, 3.63) is 101 Å². The van der Waals surface area contributed by atoms with Crippen molar-refractivity contribution >= 4 is 28.3 Å². The van der Waals surface area contributed by atoms with Crippen LogP contribution in [-0.4, -0.2) is 52.2 Å². The molecule has 0 saturated carbocycles. The summed E-state index contributed by atoms with van der Waals surface area (Å²) in [5.74, 6) is 0.0443. The summed E-state index contributed by atoms with van der Waals surface area (Å²) in [6, 6.07) is 24.5. The first-order chi connectivity index (χ1) is 19.0. The third-order valence-electron chi connectivity index (χ3n) is 7.43. The SMILES string of the molecule is CN1CCC(Nc2ccc(C(=O)Nc3cc(-c4[nH]c5ccccc5c4Cc4ccc(F)cc4)n[nH]3)cc2)CC1. The number of hydrogen-bond donors (Lipinski definition) is 4. The largest absolute Gasteiger partial charge is 0.382 e. The number of aromatic amines is 2. The molecule has 5 aromatic rings. The van der Waals surface area contributed by atoms with Crippen LogP contribution in [0.5, 0.6) is 0 Å². The second-order valence-electron chi connectivity index (χ2n) is 10.2. The van der Waals surface area contributed by atoms with Gasteiger partial charge >= 0.3 is 0 Å². The molecular weight excluding hydrogens is 491 g/mol. The molecule has 39 heavy (non-hydrogen) atoms. The number of benzene rings is 3. The highest BCUT2D eigenvalue weighted by Gasteiger charge is 2.18. The summed E-state index contributed by atoms with van der Waals surface area (Å²) in [4.78, 5) is 18.8. The summed E-state index contributed by atoms with van der Waals surface area (Å²) in [5.41, 5.74) is 6.21. The average molecular weight is 523 g/mol. The molecule has 0 atom stereocenters. The van der Waals surface area contributed by atoms with Crippen LogP contribution in [-0.2, 0) is 6.42 Å². The molecule has 1 amide bonds. The zero-order valence-corrected chi connectivity index (χ0v) is 21.8. The summed E-state index contributed by atoms with van der Waals surface area (Å²) in [6.45, 7) is 2.19. The van der Waals surface area contributed by atoms with Gasteiger partial charge in [-0.3, -0.25) is 9.89 Å². The van der Waals surface area contributed by atoms with Gasteiger partial charge in [-0.15, -0.1) is 0 Å². The van der Waals surface area contributed by atoms with Crippen molar-refractivity contribution in [3.63, 3.8) is 0 Å². The van der Waals surface area contributed by atoms with Crippen LogP contribution < -0.4 is 10.6 Å². The van der Waals surface area contributed by atoms with Gasteiger partial charge in [0.15, 0.2) is 0 Å². The van der Waals surface area contributed by atoms with Crippen LogP contribution in [0.3, 0.4) is 0 Å². The quantitative estimate of drug-likeness (QED) is 0.210. The molecule has 6 rings (SSSR count). The van der Waals surface area contributed by atoms with E-state index >= 15 is 0 Å². The van der Waals surface area contributed by atoms with E-state index in [1.54, 1.807) is 12.1 Å². The van der Waals surface area contributed by atoms with E-state index in [1.165, 1.54) is 12.1 Å². The van der Waals surface area contributed by atoms with E-state index in [9.17, 15) is 9.18 Å². The number of hydrogen-bond acceptors (Lipinski definition) is 4. The number of aromatic nitrogens is 3. The number of piperidine rings is 1. The van der Waals surface area contributed by atoms with E-state index < -0.39 is 0 Å². The number of carbonyl (C=O) groups is 1. The highest BCUT2D eigenvalue weighted by molar-refractivity contribution is 6.04. The third kappa shape index (κ3) is 5.56. The molecule has 1 aliphatic rings. The van der Waals surface area contributed by atoms with E-state index in [4.69, 9.17) is 0 Å². The minimum atomic E-state index is -0.256. The molecular formula is C31H31FN6O. The smallest absolute Gasteiger partial charge is 0.256 e. The van der Waals surface area contributed by atoms with Crippen molar-refractivity contribution < 1.29 is 9.18 Å². The van der Waals surface area contributed by atoms with Crippen molar-refractivity contribution in [2.24, 2.45) is 0 Å². The molecule has 1 saturated heterocycles. The first-order valence-electron chi connectivity index (χ1n) is 13.3. The number of amides is 1.